The van der Waals surface area contributed by atoms with Crippen molar-refractivity contribution in [3.05, 3.63) is 11.1 Å². The number of carbonyl (C=O) groups excluding carboxylic acids is 2. The van der Waals surface area contributed by atoms with E-state index in [1.54, 1.807) is 0 Å². The summed E-state index contributed by atoms with van der Waals surface area (Å²) in [6.07, 6.45) is -4.63. The van der Waals surface area contributed by atoms with Crippen LogP contribution in [0.25, 0.3) is 0 Å². The van der Waals surface area contributed by atoms with E-state index in [-0.39, 0.29) is 54.2 Å². The monoisotopic (exact) mass is 650 g/mol. The fourth-order valence-electron chi connectivity index (χ4n) is 11.4. The summed E-state index contributed by atoms with van der Waals surface area (Å²) < 4.78 is 23.3. The summed E-state index contributed by atoms with van der Waals surface area (Å²) in [4.78, 5) is 26.9. The van der Waals surface area contributed by atoms with Gasteiger partial charge < -0.3 is 49.6 Å². The third kappa shape index (κ3) is 4.44. The lowest BCUT2D eigenvalue weighted by Gasteiger charge is -2.59. The van der Waals surface area contributed by atoms with Crippen LogP contribution in [0.2, 0.25) is 0 Å². The molecule has 258 valence electrons. The average Bonchev–Trinajstić information content (AvgIpc) is 3.65. The molecule has 4 aliphatic carbocycles. The standard InChI is InChI=1S/C34H50O12/c1-14-9-22(44-30(42)17(14)13-43-31-28(40)27(39)26(38)23(12-35)45-31)15(2)18-5-6-19-16-10-25-34(46-25)29(41)21(36)11-24(37)33(34,4)20(16)7-8-32(18,19)3/h15-16,18-23,25-29,31,35-36,38-41H,5-13H2,1-4H3/t15-,16-,18+,19-,20-,21-,22-,23+,25+,26+,27-,28+,29-,31-,32+,33-,34-/m0/s1. The third-order valence-electron chi connectivity index (χ3n) is 14.1. The summed E-state index contributed by atoms with van der Waals surface area (Å²) in [6.45, 7) is 7.60. The van der Waals surface area contributed by atoms with Crippen molar-refractivity contribution in [2.75, 3.05) is 13.2 Å². The minimum atomic E-state index is -1.57. The van der Waals surface area contributed by atoms with Crippen molar-refractivity contribution in [3.8, 4) is 0 Å². The Morgan fingerprint density at radius 2 is 1.72 bits per heavy atom. The Bertz CT molecular complexity index is 1280. The molecule has 17 atom stereocenters. The zero-order chi connectivity index (χ0) is 33.1. The van der Waals surface area contributed by atoms with E-state index in [0.717, 1.165) is 37.7 Å². The Labute approximate surface area is 269 Å². The summed E-state index contributed by atoms with van der Waals surface area (Å²) in [6, 6.07) is 0. The quantitative estimate of drug-likeness (QED) is 0.171. The SMILES string of the molecule is CC1=C(CO[C@H]2O[C@H](CO)[C@@H](O)[C@H](O)[C@H]2O)C(=O)O[C@H]([C@@H](C)[C@H]2CC[C@H]3[C@@H]4C[C@H]5O[C@]56[C@@H](O)[C@@H](O)CC(=O)[C@]6(C)[C@H]4CC[C@]23C)C1. The molecule has 0 radical (unpaired) electrons. The molecule has 12 nitrogen and oxygen atoms in total. The van der Waals surface area contributed by atoms with Crippen molar-refractivity contribution in [2.45, 2.75) is 133 Å². The number of rotatable bonds is 6. The molecule has 0 aromatic heterocycles. The van der Waals surface area contributed by atoms with Crippen LogP contribution in [-0.4, -0.2) is 116 Å². The highest BCUT2D eigenvalue weighted by atomic mass is 16.7. The van der Waals surface area contributed by atoms with E-state index >= 15 is 0 Å². The normalized spacial score (nSPS) is 53.9. The van der Waals surface area contributed by atoms with E-state index in [0.29, 0.717) is 23.8 Å². The second-order valence-corrected chi connectivity index (χ2v) is 15.9. The topological polar surface area (TPSA) is 196 Å². The van der Waals surface area contributed by atoms with E-state index in [2.05, 4.69) is 13.8 Å². The highest BCUT2D eigenvalue weighted by Gasteiger charge is 2.82. The van der Waals surface area contributed by atoms with Gasteiger partial charge in [-0.1, -0.05) is 19.4 Å². The molecule has 7 aliphatic rings. The van der Waals surface area contributed by atoms with E-state index in [1.165, 1.54) is 0 Å². The van der Waals surface area contributed by atoms with Gasteiger partial charge in [0.2, 0.25) is 0 Å². The Morgan fingerprint density at radius 3 is 2.41 bits per heavy atom. The predicted octanol–water partition coefficient (Wildman–Crippen LogP) is 0.372. The first-order chi connectivity index (χ1) is 21.7. The molecule has 0 amide bonds. The molecule has 12 heteroatoms. The maximum atomic E-state index is 13.6. The lowest BCUT2D eigenvalue weighted by Crippen LogP contribution is -2.68. The molecular formula is C34H50O12. The lowest BCUT2D eigenvalue weighted by molar-refractivity contribution is -0.299. The molecule has 3 aliphatic heterocycles. The fourth-order valence-corrected chi connectivity index (χ4v) is 11.4. The van der Waals surface area contributed by atoms with Crippen LogP contribution in [0, 0.1) is 40.4 Å². The van der Waals surface area contributed by atoms with Gasteiger partial charge in [-0.2, -0.15) is 0 Å². The minimum absolute atomic E-state index is 0.00179. The third-order valence-corrected chi connectivity index (χ3v) is 14.1. The number of ketones is 1. The first kappa shape index (κ1) is 33.0. The summed E-state index contributed by atoms with van der Waals surface area (Å²) in [7, 11) is 0. The van der Waals surface area contributed by atoms with E-state index in [1.807, 2.05) is 13.8 Å². The van der Waals surface area contributed by atoms with Gasteiger partial charge in [0, 0.05) is 12.8 Å². The van der Waals surface area contributed by atoms with Gasteiger partial charge in [0.05, 0.1) is 36.4 Å². The van der Waals surface area contributed by atoms with Gasteiger partial charge in [-0.25, -0.2) is 4.79 Å². The van der Waals surface area contributed by atoms with Gasteiger partial charge in [-0.15, -0.1) is 0 Å². The number of hydrogen-bond donors (Lipinski definition) is 6. The van der Waals surface area contributed by atoms with Crippen LogP contribution in [0.1, 0.15) is 72.6 Å². The van der Waals surface area contributed by atoms with E-state index < -0.39 is 66.5 Å². The maximum Gasteiger partial charge on any atom is 0.336 e. The van der Waals surface area contributed by atoms with Crippen LogP contribution >= 0.6 is 0 Å². The van der Waals surface area contributed by atoms with Crippen LogP contribution in [-0.2, 0) is 28.5 Å². The van der Waals surface area contributed by atoms with Crippen molar-refractivity contribution in [3.63, 3.8) is 0 Å². The number of cyclic esters (lactones) is 1. The number of esters is 1. The van der Waals surface area contributed by atoms with Gasteiger partial charge in [-0.3, -0.25) is 4.79 Å². The molecule has 4 saturated carbocycles. The molecular weight excluding hydrogens is 600 g/mol. The molecule has 0 bridgehead atoms. The van der Waals surface area contributed by atoms with Crippen LogP contribution in [0.15, 0.2) is 11.1 Å². The highest BCUT2D eigenvalue weighted by molar-refractivity contribution is 5.90. The number of ether oxygens (including phenoxy) is 4. The number of hydrogen-bond acceptors (Lipinski definition) is 12. The predicted molar refractivity (Wildman–Crippen MR) is 159 cm³/mol. The Balaban J connectivity index is 1.03. The molecule has 46 heavy (non-hydrogen) atoms. The molecule has 6 fully saturated rings. The van der Waals surface area contributed by atoms with Gasteiger partial charge in [-0.05, 0) is 81.0 Å². The first-order valence-electron chi connectivity index (χ1n) is 17.1. The fraction of sp³-hybridized carbons (Fsp3) is 0.882. The smallest absolute Gasteiger partial charge is 0.336 e. The van der Waals surface area contributed by atoms with Gasteiger partial charge in [0.15, 0.2) is 6.29 Å². The lowest BCUT2D eigenvalue weighted by atomic mass is 9.43. The molecule has 0 aromatic rings. The number of carbonyl (C=O) groups is 2. The van der Waals surface area contributed by atoms with Crippen molar-refractivity contribution < 1.29 is 59.2 Å². The summed E-state index contributed by atoms with van der Waals surface area (Å²) in [5.74, 6) is 0.677. The van der Waals surface area contributed by atoms with Crippen LogP contribution in [0.3, 0.4) is 0 Å². The molecule has 2 saturated heterocycles. The molecule has 3 heterocycles. The molecule has 1 spiro atoms. The van der Waals surface area contributed by atoms with Crippen molar-refractivity contribution >= 4 is 11.8 Å². The number of Topliss-reactive ketones (excluding diaryl/α,β-unsaturated/α-hetero) is 1. The van der Waals surface area contributed by atoms with Crippen molar-refractivity contribution in [1.82, 2.24) is 0 Å². The van der Waals surface area contributed by atoms with Gasteiger partial charge in [0.25, 0.3) is 0 Å². The van der Waals surface area contributed by atoms with Crippen LogP contribution in [0.5, 0.6) is 0 Å². The Kier molecular flexibility index (Phi) is 8.10. The van der Waals surface area contributed by atoms with Gasteiger partial charge in [0.1, 0.15) is 48.0 Å². The number of aliphatic hydroxyl groups is 6. The zero-order valence-corrected chi connectivity index (χ0v) is 27.1. The largest absolute Gasteiger partial charge is 0.458 e. The second-order valence-electron chi connectivity index (χ2n) is 15.9. The van der Waals surface area contributed by atoms with Crippen molar-refractivity contribution in [1.29, 1.82) is 0 Å². The summed E-state index contributed by atoms with van der Waals surface area (Å²) >= 11 is 0. The van der Waals surface area contributed by atoms with Crippen LogP contribution in [0.4, 0.5) is 0 Å². The molecule has 0 aromatic carbocycles. The number of fused-ring (bicyclic) bond motifs is 4. The molecule has 7 rings (SSSR count). The summed E-state index contributed by atoms with van der Waals surface area (Å²) in [5.41, 5.74) is -0.631. The number of aliphatic hydroxyl groups excluding tert-OH is 6. The average molecular weight is 651 g/mol. The van der Waals surface area contributed by atoms with E-state index in [4.69, 9.17) is 18.9 Å². The minimum Gasteiger partial charge on any atom is -0.458 e. The second kappa shape index (κ2) is 11.3. The highest BCUT2D eigenvalue weighted by Crippen LogP contribution is 2.73. The summed E-state index contributed by atoms with van der Waals surface area (Å²) in [5, 5.41) is 61.3. The van der Waals surface area contributed by atoms with Gasteiger partial charge >= 0.3 is 5.97 Å². The maximum absolute atomic E-state index is 13.6. The first-order valence-corrected chi connectivity index (χ1v) is 17.1. The zero-order valence-electron chi connectivity index (χ0n) is 27.1. The van der Waals surface area contributed by atoms with Crippen LogP contribution < -0.4 is 0 Å². The van der Waals surface area contributed by atoms with Crippen molar-refractivity contribution in [2.24, 2.45) is 40.4 Å². The van der Waals surface area contributed by atoms with E-state index in [9.17, 15) is 40.2 Å². The Hall–Kier alpha value is -1.48. The Morgan fingerprint density at radius 1 is 0.978 bits per heavy atom. The molecule has 0 unspecified atom stereocenters. The number of epoxide rings is 1. The molecule has 6 N–H and O–H groups in total.